The molecule has 3 rings (SSSR count). The van der Waals surface area contributed by atoms with E-state index in [0.29, 0.717) is 5.92 Å². The molecule has 2 aromatic carbocycles. The van der Waals surface area contributed by atoms with Crippen LogP contribution in [0.2, 0.25) is 0 Å². The van der Waals surface area contributed by atoms with E-state index in [1.807, 2.05) is 43.3 Å². The Hall–Kier alpha value is -3.59. The van der Waals surface area contributed by atoms with Gasteiger partial charge in [-0.2, -0.15) is 0 Å². The molecule has 1 saturated carbocycles. The number of anilines is 1. The van der Waals surface area contributed by atoms with E-state index in [1.54, 1.807) is 6.92 Å². The number of methoxy groups -OCH3 is 1. The lowest BCUT2D eigenvalue weighted by Gasteiger charge is -2.24. The molecule has 0 saturated heterocycles. The lowest BCUT2D eigenvalue weighted by Crippen LogP contribution is -2.54. The number of amides is 4. The summed E-state index contributed by atoms with van der Waals surface area (Å²) in [6.45, 7) is 3.68. The number of imide groups is 1. The van der Waals surface area contributed by atoms with Gasteiger partial charge in [-0.15, -0.1) is 5.53 Å². The van der Waals surface area contributed by atoms with Crippen LogP contribution < -0.4 is 21.7 Å². The molecule has 0 spiro atoms. The monoisotopic (exact) mass is 495 g/mol. The van der Waals surface area contributed by atoms with Crippen molar-refractivity contribution in [3.63, 3.8) is 0 Å². The Balaban J connectivity index is 1.55. The lowest BCUT2D eigenvalue weighted by atomic mass is 9.84. The van der Waals surface area contributed by atoms with E-state index >= 15 is 0 Å². The number of aryl methyl sites for hydroxylation is 1. The molecule has 1 atom stereocenters. The molecular formula is C27H37N5O4. The van der Waals surface area contributed by atoms with E-state index in [1.165, 1.54) is 44.8 Å². The van der Waals surface area contributed by atoms with Crippen LogP contribution in [0, 0.1) is 12.8 Å². The van der Waals surface area contributed by atoms with E-state index in [0.717, 1.165) is 21.7 Å². The van der Waals surface area contributed by atoms with Crippen LogP contribution in [0.25, 0.3) is 0 Å². The van der Waals surface area contributed by atoms with Gasteiger partial charge in [0, 0.05) is 13.1 Å². The topological polar surface area (TPSA) is 112 Å². The van der Waals surface area contributed by atoms with Gasteiger partial charge in [0.05, 0.1) is 18.7 Å². The number of hydrogen-bond donors (Lipinski definition) is 4. The van der Waals surface area contributed by atoms with Gasteiger partial charge < -0.3 is 15.5 Å². The Morgan fingerprint density at radius 3 is 2.28 bits per heavy atom. The normalized spacial score (nSPS) is 14.4. The van der Waals surface area contributed by atoms with Crippen molar-refractivity contribution in [2.24, 2.45) is 5.92 Å². The summed E-state index contributed by atoms with van der Waals surface area (Å²) >= 11 is 0. The standard InChI is InChI=1S/C27H37N5O4/c1-19-9-11-21(12-10-19)17-28-26(34)32(18-20(2)25(33)36-3)27(35)30-31-29-24-15-13-23(14-16-24)22-7-5-4-6-8-22/h9-16,20,22,29,31H,4-8,17-18H2,1-3H3,(H,28,34)(H,30,35)/t20-/m0/s1. The Morgan fingerprint density at radius 2 is 1.64 bits per heavy atom. The molecule has 1 aliphatic carbocycles. The first kappa shape index (κ1) is 27.0. The number of urea groups is 2. The highest BCUT2D eigenvalue weighted by atomic mass is 16.5. The molecule has 0 radical (unpaired) electrons. The largest absolute Gasteiger partial charge is 0.469 e. The lowest BCUT2D eigenvalue weighted by molar-refractivity contribution is -0.144. The number of hydrazine groups is 2. The molecule has 1 aliphatic rings. The number of hydrogen-bond acceptors (Lipinski definition) is 6. The molecule has 4 N–H and O–H groups in total. The van der Waals surface area contributed by atoms with Crippen LogP contribution in [0.3, 0.4) is 0 Å². The molecule has 4 amide bonds. The van der Waals surface area contributed by atoms with Gasteiger partial charge in [0.15, 0.2) is 0 Å². The summed E-state index contributed by atoms with van der Waals surface area (Å²) in [4.78, 5) is 38.5. The summed E-state index contributed by atoms with van der Waals surface area (Å²) < 4.78 is 4.75. The first-order valence-corrected chi connectivity index (χ1v) is 12.5. The molecule has 0 aliphatic heterocycles. The minimum atomic E-state index is -0.710. The van der Waals surface area contributed by atoms with Gasteiger partial charge in [0.2, 0.25) is 0 Å². The predicted octanol–water partition coefficient (Wildman–Crippen LogP) is 4.60. The summed E-state index contributed by atoms with van der Waals surface area (Å²) in [5, 5.41) is 2.73. The van der Waals surface area contributed by atoms with Gasteiger partial charge in [0.25, 0.3) is 0 Å². The molecular weight excluding hydrogens is 458 g/mol. The maximum Gasteiger partial charge on any atom is 0.341 e. The minimum absolute atomic E-state index is 0.143. The highest BCUT2D eigenvalue weighted by Crippen LogP contribution is 2.32. The fourth-order valence-corrected chi connectivity index (χ4v) is 4.29. The second kappa shape index (κ2) is 13.5. The Kier molecular flexibility index (Phi) is 10.1. The summed E-state index contributed by atoms with van der Waals surface area (Å²) in [5.41, 5.74) is 12.1. The van der Waals surface area contributed by atoms with E-state index in [-0.39, 0.29) is 13.1 Å². The number of esters is 1. The van der Waals surface area contributed by atoms with Crippen LogP contribution in [0.4, 0.5) is 15.3 Å². The van der Waals surface area contributed by atoms with Crippen molar-refractivity contribution in [2.45, 2.75) is 58.4 Å². The Morgan fingerprint density at radius 1 is 0.972 bits per heavy atom. The minimum Gasteiger partial charge on any atom is -0.469 e. The van der Waals surface area contributed by atoms with Gasteiger partial charge in [0.1, 0.15) is 0 Å². The first-order valence-electron chi connectivity index (χ1n) is 12.5. The van der Waals surface area contributed by atoms with Gasteiger partial charge in [-0.3, -0.25) is 10.2 Å². The highest BCUT2D eigenvalue weighted by molar-refractivity contribution is 5.93. The number of benzene rings is 2. The third-order valence-electron chi connectivity index (χ3n) is 6.48. The molecule has 0 bridgehead atoms. The van der Waals surface area contributed by atoms with Gasteiger partial charge in [-0.1, -0.05) is 68.1 Å². The number of rotatable bonds is 9. The van der Waals surface area contributed by atoms with Crippen LogP contribution in [0.1, 0.15) is 61.6 Å². The summed E-state index contributed by atoms with van der Waals surface area (Å²) in [5.74, 6) is -0.585. The molecule has 0 unspecified atom stereocenters. The fourth-order valence-electron chi connectivity index (χ4n) is 4.29. The van der Waals surface area contributed by atoms with Crippen molar-refractivity contribution < 1.29 is 19.1 Å². The number of carbonyl (C=O) groups is 3. The summed E-state index contributed by atoms with van der Waals surface area (Å²) in [6, 6.07) is 14.5. The second-order valence-corrected chi connectivity index (χ2v) is 9.32. The summed E-state index contributed by atoms with van der Waals surface area (Å²) in [7, 11) is 1.27. The zero-order chi connectivity index (χ0) is 25.9. The number of carbonyl (C=O) groups excluding carboxylic acids is 3. The van der Waals surface area contributed by atoms with Crippen molar-refractivity contribution in [3.8, 4) is 0 Å². The Bertz CT molecular complexity index is 1000. The maximum atomic E-state index is 12.8. The molecule has 9 heteroatoms. The maximum absolute atomic E-state index is 12.8. The molecule has 9 nitrogen and oxygen atoms in total. The van der Waals surface area contributed by atoms with Crippen LogP contribution in [-0.2, 0) is 16.1 Å². The van der Waals surface area contributed by atoms with Gasteiger partial charge in [-0.05, 0) is 48.9 Å². The zero-order valence-electron chi connectivity index (χ0n) is 21.3. The van der Waals surface area contributed by atoms with Crippen molar-refractivity contribution in [3.05, 3.63) is 65.2 Å². The Labute approximate surface area is 212 Å². The highest BCUT2D eigenvalue weighted by Gasteiger charge is 2.27. The zero-order valence-corrected chi connectivity index (χ0v) is 21.3. The molecule has 0 heterocycles. The average molecular weight is 496 g/mol. The predicted molar refractivity (Wildman–Crippen MR) is 139 cm³/mol. The SMILES string of the molecule is COC(=O)[C@@H](C)CN(C(=O)NCc1ccc(C)cc1)C(=O)NNNc1ccc(C2CCCCC2)cc1. The fraction of sp³-hybridized carbons (Fsp3) is 0.444. The molecule has 194 valence electrons. The molecule has 1 fully saturated rings. The number of nitrogens with zero attached hydrogens (tertiary/aromatic N) is 1. The van der Waals surface area contributed by atoms with Gasteiger partial charge >= 0.3 is 18.0 Å². The van der Waals surface area contributed by atoms with E-state index in [2.05, 4.69) is 33.8 Å². The van der Waals surface area contributed by atoms with Crippen molar-refractivity contribution in [1.82, 2.24) is 21.2 Å². The van der Waals surface area contributed by atoms with E-state index in [4.69, 9.17) is 4.74 Å². The molecule has 36 heavy (non-hydrogen) atoms. The smallest absolute Gasteiger partial charge is 0.341 e. The van der Waals surface area contributed by atoms with Crippen molar-refractivity contribution in [2.75, 3.05) is 19.1 Å². The van der Waals surface area contributed by atoms with Gasteiger partial charge in [-0.25, -0.2) is 14.5 Å². The van der Waals surface area contributed by atoms with Crippen LogP contribution in [0.5, 0.6) is 0 Å². The third kappa shape index (κ3) is 7.98. The summed E-state index contributed by atoms with van der Waals surface area (Å²) in [6.07, 6.45) is 6.34. The van der Waals surface area contributed by atoms with Crippen LogP contribution in [-0.4, -0.2) is 36.6 Å². The average Bonchev–Trinajstić information content (AvgIpc) is 2.91. The molecule has 2 aromatic rings. The number of ether oxygens (including phenoxy) is 1. The van der Waals surface area contributed by atoms with Crippen LogP contribution in [0.15, 0.2) is 48.5 Å². The van der Waals surface area contributed by atoms with E-state index < -0.39 is 23.9 Å². The van der Waals surface area contributed by atoms with Crippen molar-refractivity contribution in [1.29, 1.82) is 0 Å². The van der Waals surface area contributed by atoms with Crippen LogP contribution >= 0.6 is 0 Å². The first-order chi connectivity index (χ1) is 17.4. The third-order valence-corrected chi connectivity index (χ3v) is 6.48. The van der Waals surface area contributed by atoms with Crippen molar-refractivity contribution >= 4 is 23.7 Å². The molecule has 0 aromatic heterocycles. The second-order valence-electron chi connectivity index (χ2n) is 9.32. The van der Waals surface area contributed by atoms with E-state index in [9.17, 15) is 14.4 Å². The quantitative estimate of drug-likeness (QED) is 0.299. The number of nitrogens with one attached hydrogen (secondary N) is 4.